The molecular weight excluding hydrogens is 244 g/mol. The Balaban J connectivity index is 2.47. The molecule has 0 unspecified atom stereocenters. The Kier molecular flexibility index (Phi) is 2.59. The van der Waals surface area contributed by atoms with Gasteiger partial charge in [0.1, 0.15) is 5.75 Å². The predicted octanol–water partition coefficient (Wildman–Crippen LogP) is 2.51. The normalized spacial score (nSPS) is 10.8. The molecule has 2 heterocycles. The van der Waals surface area contributed by atoms with Crippen LogP contribution in [0.5, 0.6) is 5.75 Å². The van der Waals surface area contributed by atoms with Crippen LogP contribution < -0.4 is 4.74 Å². The number of aromatic amines is 1. The molecule has 0 spiro atoms. The lowest BCUT2D eigenvalue weighted by atomic mass is 10.1. The number of hydrogen-bond donors (Lipinski definition) is 1. The molecule has 0 aliphatic carbocycles. The summed E-state index contributed by atoms with van der Waals surface area (Å²) in [6.45, 7) is 0. The molecule has 0 amide bonds. The number of pyridine rings is 1. The van der Waals surface area contributed by atoms with E-state index in [-0.39, 0.29) is 5.69 Å². The number of rotatable bonds is 2. The summed E-state index contributed by atoms with van der Waals surface area (Å²) in [4.78, 5) is 19.1. The van der Waals surface area contributed by atoms with Crippen LogP contribution in [0.4, 0.5) is 0 Å². The highest BCUT2D eigenvalue weighted by molar-refractivity contribution is 6.15. The van der Waals surface area contributed by atoms with E-state index >= 15 is 0 Å². The van der Waals surface area contributed by atoms with Gasteiger partial charge in [0.15, 0.2) is 5.69 Å². The average Bonchev–Trinajstić information content (AvgIpc) is 2.85. The zero-order valence-electron chi connectivity index (χ0n) is 10.6. The second-order valence-corrected chi connectivity index (χ2v) is 4.09. The van der Waals surface area contributed by atoms with E-state index in [1.807, 2.05) is 24.3 Å². The summed E-state index contributed by atoms with van der Waals surface area (Å²) in [6, 6.07) is 7.77. The van der Waals surface area contributed by atoms with Gasteiger partial charge in [-0.2, -0.15) is 0 Å². The number of aromatic nitrogens is 2. The number of fused-ring (bicyclic) bond motifs is 3. The number of esters is 1. The highest BCUT2D eigenvalue weighted by Gasteiger charge is 2.18. The molecule has 0 atom stereocenters. The fraction of sp³-hybridized carbons (Fsp3) is 0.143. The van der Waals surface area contributed by atoms with Gasteiger partial charge >= 0.3 is 5.97 Å². The van der Waals surface area contributed by atoms with E-state index in [1.165, 1.54) is 13.3 Å². The third kappa shape index (κ3) is 1.62. The number of nitrogens with one attached hydrogen (secondary N) is 1. The summed E-state index contributed by atoms with van der Waals surface area (Å²) in [5.41, 5.74) is 1.82. The van der Waals surface area contributed by atoms with E-state index in [1.54, 1.807) is 7.11 Å². The number of nitrogens with zero attached hydrogens (tertiary/aromatic N) is 1. The minimum absolute atomic E-state index is 0.259. The topological polar surface area (TPSA) is 64.2 Å². The van der Waals surface area contributed by atoms with Gasteiger partial charge in [-0.3, -0.25) is 0 Å². The van der Waals surface area contributed by atoms with E-state index in [9.17, 15) is 4.79 Å². The van der Waals surface area contributed by atoms with Crippen LogP contribution in [0.2, 0.25) is 0 Å². The highest BCUT2D eigenvalue weighted by atomic mass is 16.5. The number of H-pyrrole nitrogens is 1. The zero-order valence-corrected chi connectivity index (χ0v) is 10.6. The molecule has 0 bridgehead atoms. The third-order valence-corrected chi connectivity index (χ3v) is 3.10. The van der Waals surface area contributed by atoms with Gasteiger partial charge in [0.2, 0.25) is 0 Å². The largest absolute Gasteiger partial charge is 0.494 e. The Bertz CT molecular complexity index is 777. The summed E-state index contributed by atoms with van der Waals surface area (Å²) in [6.07, 6.45) is 1.54. The van der Waals surface area contributed by atoms with Crippen molar-refractivity contribution in [2.45, 2.75) is 0 Å². The summed E-state index contributed by atoms with van der Waals surface area (Å²) in [5, 5.41) is 1.83. The second kappa shape index (κ2) is 4.28. The van der Waals surface area contributed by atoms with Crippen LogP contribution in [0.25, 0.3) is 21.8 Å². The fourth-order valence-electron chi connectivity index (χ4n) is 2.23. The van der Waals surface area contributed by atoms with Crippen LogP contribution in [0.15, 0.2) is 30.5 Å². The summed E-state index contributed by atoms with van der Waals surface area (Å²) in [7, 11) is 2.92. The quantitative estimate of drug-likeness (QED) is 0.715. The molecule has 5 nitrogen and oxygen atoms in total. The van der Waals surface area contributed by atoms with Crippen molar-refractivity contribution in [3.05, 3.63) is 36.2 Å². The lowest BCUT2D eigenvalue weighted by Crippen LogP contribution is -2.05. The van der Waals surface area contributed by atoms with Crippen molar-refractivity contribution < 1.29 is 14.3 Å². The molecule has 1 aromatic carbocycles. The van der Waals surface area contributed by atoms with Crippen molar-refractivity contribution in [1.82, 2.24) is 9.97 Å². The lowest BCUT2D eigenvalue weighted by Gasteiger charge is -2.04. The summed E-state index contributed by atoms with van der Waals surface area (Å²) in [5.74, 6) is 0.152. The highest BCUT2D eigenvalue weighted by Crippen LogP contribution is 2.33. The van der Waals surface area contributed by atoms with Gasteiger partial charge in [-0.1, -0.05) is 18.2 Å². The number of benzene rings is 1. The Labute approximate surface area is 109 Å². The molecule has 0 aliphatic heterocycles. The van der Waals surface area contributed by atoms with Crippen LogP contribution in [0.1, 0.15) is 10.5 Å². The molecule has 3 aromatic rings. The maximum absolute atomic E-state index is 11.8. The van der Waals surface area contributed by atoms with Crippen LogP contribution in [-0.4, -0.2) is 30.2 Å². The van der Waals surface area contributed by atoms with Gasteiger partial charge < -0.3 is 14.5 Å². The molecule has 3 rings (SSSR count). The minimum Gasteiger partial charge on any atom is -0.494 e. The van der Waals surface area contributed by atoms with Crippen LogP contribution in [-0.2, 0) is 4.74 Å². The fourth-order valence-corrected chi connectivity index (χ4v) is 2.23. The molecule has 2 aromatic heterocycles. The molecule has 5 heteroatoms. The first-order valence-electron chi connectivity index (χ1n) is 5.78. The number of carbonyl (C=O) groups excluding carboxylic acids is 1. The van der Waals surface area contributed by atoms with Gasteiger partial charge in [-0.15, -0.1) is 0 Å². The molecule has 96 valence electrons. The van der Waals surface area contributed by atoms with Crippen LogP contribution >= 0.6 is 0 Å². The molecule has 0 fully saturated rings. The van der Waals surface area contributed by atoms with Crippen molar-refractivity contribution in [2.24, 2.45) is 0 Å². The number of carbonyl (C=O) groups is 1. The van der Waals surface area contributed by atoms with E-state index in [4.69, 9.17) is 9.47 Å². The van der Waals surface area contributed by atoms with Gasteiger partial charge in [0.05, 0.1) is 31.3 Å². The lowest BCUT2D eigenvalue weighted by molar-refractivity contribution is 0.0596. The Morgan fingerprint density at radius 2 is 2.05 bits per heavy atom. The standard InChI is InChI=1S/C14H12N2O3/c1-18-10-7-15-13(14(17)19-2)12-11(10)8-5-3-4-6-9(8)16-12/h3-7,16H,1-2H3. The Hall–Kier alpha value is -2.56. The van der Waals surface area contributed by atoms with Crippen LogP contribution in [0.3, 0.4) is 0 Å². The monoisotopic (exact) mass is 256 g/mol. The minimum atomic E-state index is -0.473. The SMILES string of the molecule is COC(=O)c1ncc(OC)c2c1[nH]c1ccccc12. The molecular formula is C14H12N2O3. The first-order chi connectivity index (χ1) is 9.26. The summed E-state index contributed by atoms with van der Waals surface area (Å²) >= 11 is 0. The molecule has 0 aliphatic rings. The predicted molar refractivity (Wildman–Crippen MR) is 71.5 cm³/mol. The Morgan fingerprint density at radius 1 is 1.26 bits per heavy atom. The maximum atomic E-state index is 11.8. The van der Waals surface area contributed by atoms with Crippen molar-refractivity contribution in [1.29, 1.82) is 0 Å². The average molecular weight is 256 g/mol. The van der Waals surface area contributed by atoms with Gasteiger partial charge in [0, 0.05) is 10.9 Å². The summed E-state index contributed by atoms with van der Waals surface area (Å²) < 4.78 is 10.1. The third-order valence-electron chi connectivity index (χ3n) is 3.10. The first kappa shape index (κ1) is 11.5. The van der Waals surface area contributed by atoms with E-state index in [0.717, 1.165) is 16.3 Å². The molecule has 1 N–H and O–H groups in total. The van der Waals surface area contributed by atoms with E-state index < -0.39 is 5.97 Å². The first-order valence-corrected chi connectivity index (χ1v) is 5.78. The van der Waals surface area contributed by atoms with E-state index in [2.05, 4.69) is 9.97 Å². The molecule has 19 heavy (non-hydrogen) atoms. The number of para-hydroxylation sites is 1. The van der Waals surface area contributed by atoms with Gasteiger partial charge in [-0.05, 0) is 6.07 Å². The van der Waals surface area contributed by atoms with Gasteiger partial charge in [-0.25, -0.2) is 9.78 Å². The van der Waals surface area contributed by atoms with Crippen molar-refractivity contribution in [3.63, 3.8) is 0 Å². The van der Waals surface area contributed by atoms with Crippen molar-refractivity contribution >= 4 is 27.8 Å². The smallest absolute Gasteiger partial charge is 0.358 e. The molecule has 0 saturated carbocycles. The van der Waals surface area contributed by atoms with Crippen molar-refractivity contribution in [3.8, 4) is 5.75 Å². The number of hydrogen-bond acceptors (Lipinski definition) is 4. The van der Waals surface area contributed by atoms with Crippen LogP contribution in [0, 0.1) is 0 Å². The molecule has 0 saturated heterocycles. The van der Waals surface area contributed by atoms with Crippen molar-refractivity contribution in [2.75, 3.05) is 14.2 Å². The maximum Gasteiger partial charge on any atom is 0.358 e. The zero-order chi connectivity index (χ0) is 13.4. The van der Waals surface area contributed by atoms with Gasteiger partial charge in [0.25, 0.3) is 0 Å². The molecule has 0 radical (unpaired) electrons. The number of methoxy groups -OCH3 is 2. The Morgan fingerprint density at radius 3 is 2.79 bits per heavy atom. The number of ether oxygens (including phenoxy) is 2. The van der Waals surface area contributed by atoms with E-state index in [0.29, 0.717) is 11.3 Å². The second-order valence-electron chi connectivity index (χ2n) is 4.09.